The SMILES string of the molecule is Cc1ccc(C(=O)Nc2cc(C(C)(C)C)on2)cc1S(=O)(=O)N1CCCCC1. The van der Waals surface area contributed by atoms with Gasteiger partial charge in [-0.05, 0) is 37.5 Å². The number of carbonyl (C=O) groups excluding carboxylic acids is 1. The summed E-state index contributed by atoms with van der Waals surface area (Å²) in [6.07, 6.45) is 2.77. The van der Waals surface area contributed by atoms with Crippen molar-refractivity contribution in [1.82, 2.24) is 9.46 Å². The van der Waals surface area contributed by atoms with Gasteiger partial charge in [0.05, 0.1) is 4.90 Å². The van der Waals surface area contributed by atoms with Gasteiger partial charge in [-0.3, -0.25) is 4.79 Å². The van der Waals surface area contributed by atoms with Crippen LogP contribution in [0.3, 0.4) is 0 Å². The highest BCUT2D eigenvalue weighted by Gasteiger charge is 2.28. The van der Waals surface area contributed by atoms with Gasteiger partial charge in [-0.15, -0.1) is 0 Å². The normalized spacial score (nSPS) is 16.1. The van der Waals surface area contributed by atoms with Crippen LogP contribution in [-0.2, 0) is 15.4 Å². The molecule has 1 aliphatic heterocycles. The second kappa shape index (κ2) is 7.67. The van der Waals surface area contributed by atoms with E-state index in [4.69, 9.17) is 4.52 Å². The Balaban J connectivity index is 1.84. The van der Waals surface area contributed by atoms with Gasteiger partial charge in [0, 0.05) is 30.1 Å². The van der Waals surface area contributed by atoms with Crippen LogP contribution in [-0.4, -0.2) is 36.9 Å². The zero-order chi connectivity index (χ0) is 20.5. The Morgan fingerprint density at radius 3 is 2.43 bits per heavy atom. The molecule has 1 fully saturated rings. The van der Waals surface area contributed by atoms with Crippen molar-refractivity contribution in [1.29, 1.82) is 0 Å². The van der Waals surface area contributed by atoms with Crippen molar-refractivity contribution in [2.45, 2.75) is 57.3 Å². The molecule has 1 aromatic carbocycles. The van der Waals surface area contributed by atoms with Crippen molar-refractivity contribution in [2.75, 3.05) is 18.4 Å². The molecule has 28 heavy (non-hydrogen) atoms. The van der Waals surface area contributed by atoms with Crippen LogP contribution in [0.1, 0.15) is 61.7 Å². The van der Waals surface area contributed by atoms with E-state index in [1.807, 2.05) is 20.8 Å². The molecule has 7 nitrogen and oxygen atoms in total. The Bertz CT molecular complexity index is 968. The molecule has 1 saturated heterocycles. The third kappa shape index (κ3) is 4.28. The number of benzene rings is 1. The third-order valence-electron chi connectivity index (χ3n) is 4.87. The fourth-order valence-electron chi connectivity index (χ4n) is 3.14. The number of amides is 1. The van der Waals surface area contributed by atoms with E-state index in [1.54, 1.807) is 25.1 Å². The number of aryl methyl sites for hydroxylation is 1. The lowest BCUT2D eigenvalue weighted by Crippen LogP contribution is -2.36. The molecule has 3 rings (SSSR count). The minimum Gasteiger partial charge on any atom is -0.359 e. The monoisotopic (exact) mass is 405 g/mol. The molecule has 0 aliphatic carbocycles. The van der Waals surface area contributed by atoms with E-state index in [1.165, 1.54) is 10.4 Å². The number of hydrogen-bond donors (Lipinski definition) is 1. The molecule has 1 aromatic heterocycles. The molecular formula is C20H27N3O4S. The molecule has 1 aliphatic rings. The molecule has 1 N–H and O–H groups in total. The van der Waals surface area contributed by atoms with Crippen LogP contribution >= 0.6 is 0 Å². The topological polar surface area (TPSA) is 92.5 Å². The molecule has 0 atom stereocenters. The van der Waals surface area contributed by atoms with Gasteiger partial charge in [-0.25, -0.2) is 8.42 Å². The predicted octanol–water partition coefficient (Wildman–Crippen LogP) is 3.71. The van der Waals surface area contributed by atoms with E-state index < -0.39 is 15.9 Å². The van der Waals surface area contributed by atoms with Crippen LogP contribution in [0.4, 0.5) is 5.82 Å². The third-order valence-corrected chi connectivity index (χ3v) is 6.91. The Hall–Kier alpha value is -2.19. The second-order valence-corrected chi connectivity index (χ2v) is 10.1. The molecule has 2 aromatic rings. The van der Waals surface area contributed by atoms with Gasteiger partial charge in [0.2, 0.25) is 10.0 Å². The number of hydrogen-bond acceptors (Lipinski definition) is 5. The fourth-order valence-corrected chi connectivity index (χ4v) is 4.91. The average molecular weight is 406 g/mol. The van der Waals surface area contributed by atoms with Crippen LogP contribution in [0.5, 0.6) is 0 Å². The number of carbonyl (C=O) groups is 1. The van der Waals surface area contributed by atoms with E-state index in [0.29, 0.717) is 30.2 Å². The van der Waals surface area contributed by atoms with Crippen molar-refractivity contribution in [3.8, 4) is 0 Å². The maximum atomic E-state index is 13.0. The summed E-state index contributed by atoms with van der Waals surface area (Å²) in [4.78, 5) is 12.8. The summed E-state index contributed by atoms with van der Waals surface area (Å²) in [6, 6.07) is 6.40. The first-order chi connectivity index (χ1) is 13.1. The summed E-state index contributed by atoms with van der Waals surface area (Å²) in [5.41, 5.74) is 0.662. The number of nitrogens with zero attached hydrogens (tertiary/aromatic N) is 2. The zero-order valence-electron chi connectivity index (χ0n) is 16.8. The van der Waals surface area contributed by atoms with Crippen LogP contribution in [0, 0.1) is 6.92 Å². The van der Waals surface area contributed by atoms with Gasteiger partial charge < -0.3 is 9.84 Å². The molecule has 0 saturated carbocycles. The molecule has 1 amide bonds. The van der Waals surface area contributed by atoms with Crippen molar-refractivity contribution < 1.29 is 17.7 Å². The summed E-state index contributed by atoms with van der Waals surface area (Å²) in [5.74, 6) is 0.528. The first kappa shape index (κ1) is 20.5. The van der Waals surface area contributed by atoms with Gasteiger partial charge >= 0.3 is 0 Å². The van der Waals surface area contributed by atoms with Crippen molar-refractivity contribution in [2.24, 2.45) is 0 Å². The van der Waals surface area contributed by atoms with E-state index in [2.05, 4.69) is 10.5 Å². The molecule has 0 radical (unpaired) electrons. The lowest BCUT2D eigenvalue weighted by atomic mass is 9.93. The molecular weight excluding hydrogens is 378 g/mol. The lowest BCUT2D eigenvalue weighted by molar-refractivity contribution is 0.102. The number of rotatable bonds is 4. The van der Waals surface area contributed by atoms with Crippen molar-refractivity contribution >= 4 is 21.7 Å². The average Bonchev–Trinajstić information content (AvgIpc) is 3.11. The van der Waals surface area contributed by atoms with Gasteiger partial charge in [-0.2, -0.15) is 4.31 Å². The first-order valence-corrected chi connectivity index (χ1v) is 10.9. The summed E-state index contributed by atoms with van der Waals surface area (Å²) in [6.45, 7) is 8.73. The van der Waals surface area contributed by atoms with Crippen LogP contribution in [0.2, 0.25) is 0 Å². The van der Waals surface area contributed by atoms with E-state index in [0.717, 1.165) is 19.3 Å². The minimum absolute atomic E-state index is 0.178. The smallest absolute Gasteiger partial charge is 0.256 e. The van der Waals surface area contributed by atoms with Crippen molar-refractivity contribution in [3.05, 3.63) is 41.2 Å². The fraction of sp³-hybridized carbons (Fsp3) is 0.500. The summed E-state index contributed by atoms with van der Waals surface area (Å²) in [5, 5.41) is 6.55. The molecule has 2 heterocycles. The quantitative estimate of drug-likeness (QED) is 0.837. The summed E-state index contributed by atoms with van der Waals surface area (Å²) < 4.78 is 32.8. The van der Waals surface area contributed by atoms with E-state index in [9.17, 15) is 13.2 Å². The zero-order valence-corrected chi connectivity index (χ0v) is 17.6. The van der Waals surface area contributed by atoms with Gasteiger partial charge in [0.15, 0.2) is 5.82 Å². The second-order valence-electron chi connectivity index (χ2n) is 8.23. The van der Waals surface area contributed by atoms with Gasteiger partial charge in [0.25, 0.3) is 5.91 Å². The van der Waals surface area contributed by atoms with Crippen LogP contribution in [0.25, 0.3) is 0 Å². The highest BCUT2D eigenvalue weighted by Crippen LogP contribution is 2.26. The number of nitrogens with one attached hydrogen (secondary N) is 1. The Labute approximate surface area is 166 Å². The summed E-state index contributed by atoms with van der Waals surface area (Å²) in [7, 11) is -3.62. The first-order valence-electron chi connectivity index (χ1n) is 9.48. The molecule has 8 heteroatoms. The highest BCUT2D eigenvalue weighted by atomic mass is 32.2. The number of piperidine rings is 1. The summed E-state index contributed by atoms with van der Waals surface area (Å²) >= 11 is 0. The molecule has 0 unspecified atom stereocenters. The minimum atomic E-state index is -3.62. The highest BCUT2D eigenvalue weighted by molar-refractivity contribution is 7.89. The van der Waals surface area contributed by atoms with Crippen LogP contribution < -0.4 is 5.32 Å². The van der Waals surface area contributed by atoms with E-state index in [-0.39, 0.29) is 15.9 Å². The number of sulfonamides is 1. The number of aromatic nitrogens is 1. The Morgan fingerprint density at radius 1 is 1.14 bits per heavy atom. The number of anilines is 1. The van der Waals surface area contributed by atoms with Crippen LogP contribution in [0.15, 0.2) is 33.7 Å². The van der Waals surface area contributed by atoms with Gasteiger partial charge in [0.1, 0.15) is 5.76 Å². The maximum Gasteiger partial charge on any atom is 0.256 e. The Kier molecular flexibility index (Phi) is 5.63. The van der Waals surface area contributed by atoms with E-state index >= 15 is 0 Å². The largest absolute Gasteiger partial charge is 0.359 e. The lowest BCUT2D eigenvalue weighted by Gasteiger charge is -2.26. The maximum absolute atomic E-state index is 13.0. The predicted molar refractivity (Wildman–Crippen MR) is 107 cm³/mol. The molecule has 0 bridgehead atoms. The molecule has 0 spiro atoms. The van der Waals surface area contributed by atoms with Crippen molar-refractivity contribution in [3.63, 3.8) is 0 Å². The Morgan fingerprint density at radius 2 is 1.82 bits per heavy atom. The van der Waals surface area contributed by atoms with Gasteiger partial charge in [-0.1, -0.05) is 38.4 Å². The molecule has 152 valence electrons. The standard InChI is InChI=1S/C20H27N3O4S/c1-14-8-9-15(12-16(14)28(25,26)23-10-6-5-7-11-23)19(24)21-18-13-17(27-22-18)20(2,3)4/h8-9,12-13H,5-7,10-11H2,1-4H3,(H,21,22,24).